The molecule has 0 aliphatic carbocycles. The van der Waals surface area contributed by atoms with Crippen molar-refractivity contribution in [2.24, 2.45) is 5.73 Å². The second kappa shape index (κ2) is 4.93. The Morgan fingerprint density at radius 3 is 2.87 bits per heavy atom. The number of hydrogen-bond donors (Lipinski definition) is 1. The summed E-state index contributed by atoms with van der Waals surface area (Å²) in [5, 5.41) is 19.2. The molecule has 1 aromatic carbocycles. The van der Waals surface area contributed by atoms with E-state index in [4.69, 9.17) is 15.7 Å². The minimum atomic E-state index is -0.562. The van der Waals surface area contributed by atoms with Crippen LogP contribution in [0.4, 0.5) is 5.69 Å². The maximum Gasteiger partial charge on any atom is 0.311 e. The van der Waals surface area contributed by atoms with E-state index in [1.165, 1.54) is 18.2 Å². The van der Waals surface area contributed by atoms with Crippen LogP contribution < -0.4 is 10.5 Å². The van der Waals surface area contributed by atoms with E-state index in [2.05, 4.69) is 0 Å². The Bertz CT molecular complexity index is 412. The molecule has 0 radical (unpaired) electrons. The zero-order chi connectivity index (χ0) is 11.3. The van der Waals surface area contributed by atoms with Crippen molar-refractivity contribution in [2.45, 2.75) is 0 Å². The van der Waals surface area contributed by atoms with Crippen molar-refractivity contribution in [3.05, 3.63) is 33.9 Å². The summed E-state index contributed by atoms with van der Waals surface area (Å²) in [6.45, 7) is 0.434. The number of nitrogens with zero attached hydrogens (tertiary/aromatic N) is 2. The van der Waals surface area contributed by atoms with Crippen molar-refractivity contribution in [1.82, 2.24) is 0 Å². The number of nitrogens with two attached hydrogens (primary N) is 1. The van der Waals surface area contributed by atoms with E-state index in [1.807, 2.05) is 6.07 Å². The predicted octanol–water partition coefficient (Wildman–Crippen LogP) is 0.804. The number of nitro groups is 1. The third-order valence-corrected chi connectivity index (χ3v) is 1.66. The van der Waals surface area contributed by atoms with Gasteiger partial charge in [-0.1, -0.05) is 0 Å². The average molecular weight is 207 g/mol. The Kier molecular flexibility index (Phi) is 3.60. The van der Waals surface area contributed by atoms with Gasteiger partial charge in [0.2, 0.25) is 0 Å². The van der Waals surface area contributed by atoms with Crippen LogP contribution in [0.2, 0.25) is 0 Å². The molecule has 2 N–H and O–H groups in total. The maximum absolute atomic E-state index is 10.6. The van der Waals surface area contributed by atoms with Crippen molar-refractivity contribution in [3.8, 4) is 11.8 Å². The highest BCUT2D eigenvalue weighted by Gasteiger charge is 2.15. The Morgan fingerprint density at radius 2 is 2.33 bits per heavy atom. The first-order valence-electron chi connectivity index (χ1n) is 4.20. The van der Waals surface area contributed by atoms with Crippen LogP contribution in [-0.4, -0.2) is 18.1 Å². The van der Waals surface area contributed by atoms with Gasteiger partial charge in [0.1, 0.15) is 6.61 Å². The van der Waals surface area contributed by atoms with E-state index in [0.717, 1.165) is 0 Å². The average Bonchev–Trinajstić information content (AvgIpc) is 2.25. The highest BCUT2D eigenvalue weighted by atomic mass is 16.6. The first-order valence-corrected chi connectivity index (χ1v) is 4.20. The van der Waals surface area contributed by atoms with Crippen LogP contribution in [0.15, 0.2) is 18.2 Å². The van der Waals surface area contributed by atoms with Crippen molar-refractivity contribution in [2.75, 3.05) is 13.2 Å². The topological polar surface area (TPSA) is 102 Å². The molecule has 6 heteroatoms. The van der Waals surface area contributed by atoms with E-state index in [-0.39, 0.29) is 24.6 Å². The van der Waals surface area contributed by atoms with Crippen LogP contribution in [0.3, 0.4) is 0 Å². The first kappa shape index (κ1) is 10.9. The van der Waals surface area contributed by atoms with Gasteiger partial charge in [0, 0.05) is 18.7 Å². The van der Waals surface area contributed by atoms with Gasteiger partial charge in [-0.05, 0) is 6.07 Å². The van der Waals surface area contributed by atoms with Gasteiger partial charge in [-0.3, -0.25) is 10.1 Å². The summed E-state index contributed by atoms with van der Waals surface area (Å²) < 4.78 is 5.07. The molecule has 1 rings (SSSR count). The van der Waals surface area contributed by atoms with E-state index < -0.39 is 4.92 Å². The molecule has 0 amide bonds. The largest absolute Gasteiger partial charge is 0.485 e. The lowest BCUT2D eigenvalue weighted by Gasteiger charge is -2.04. The fourth-order valence-electron chi connectivity index (χ4n) is 1.02. The number of nitro benzene ring substituents is 1. The van der Waals surface area contributed by atoms with Gasteiger partial charge in [0.05, 0.1) is 16.6 Å². The molecule has 0 fully saturated rings. The summed E-state index contributed by atoms with van der Waals surface area (Å²) >= 11 is 0. The zero-order valence-electron chi connectivity index (χ0n) is 7.84. The standard InChI is InChI=1S/C9H9N3O3/c10-3-4-15-9-5-7(6-11)1-2-8(9)12(13)14/h1-2,5H,3-4,10H2. The molecule has 78 valence electrons. The quantitative estimate of drug-likeness (QED) is 0.581. The molecule has 0 heterocycles. The monoisotopic (exact) mass is 207 g/mol. The van der Waals surface area contributed by atoms with Gasteiger partial charge in [0.15, 0.2) is 5.75 Å². The molecule has 0 unspecified atom stereocenters. The normalized spacial score (nSPS) is 9.33. The zero-order valence-corrected chi connectivity index (χ0v) is 7.84. The molecule has 6 nitrogen and oxygen atoms in total. The van der Waals surface area contributed by atoms with Crippen LogP contribution >= 0.6 is 0 Å². The molecular formula is C9H9N3O3. The van der Waals surface area contributed by atoms with Gasteiger partial charge in [-0.25, -0.2) is 0 Å². The van der Waals surface area contributed by atoms with Crippen LogP contribution in [0.1, 0.15) is 5.56 Å². The van der Waals surface area contributed by atoms with Crippen LogP contribution in [0.25, 0.3) is 0 Å². The molecule has 0 atom stereocenters. The van der Waals surface area contributed by atoms with Gasteiger partial charge in [-0.2, -0.15) is 5.26 Å². The van der Waals surface area contributed by atoms with E-state index >= 15 is 0 Å². The van der Waals surface area contributed by atoms with Crippen LogP contribution in [-0.2, 0) is 0 Å². The SMILES string of the molecule is N#Cc1ccc([N+](=O)[O-])c(OCCN)c1. The number of rotatable bonds is 4. The maximum atomic E-state index is 10.6. The lowest BCUT2D eigenvalue weighted by atomic mass is 10.2. The highest BCUT2D eigenvalue weighted by Crippen LogP contribution is 2.27. The molecule has 0 saturated carbocycles. The van der Waals surface area contributed by atoms with Gasteiger partial charge < -0.3 is 10.5 Å². The Hall–Kier alpha value is -2.13. The molecule has 0 bridgehead atoms. The molecule has 0 aromatic heterocycles. The lowest BCUT2D eigenvalue weighted by molar-refractivity contribution is -0.385. The van der Waals surface area contributed by atoms with E-state index in [9.17, 15) is 10.1 Å². The Morgan fingerprint density at radius 1 is 1.60 bits per heavy atom. The summed E-state index contributed by atoms with van der Waals surface area (Å²) in [7, 11) is 0. The molecular weight excluding hydrogens is 198 g/mol. The van der Waals surface area contributed by atoms with Crippen molar-refractivity contribution in [1.29, 1.82) is 5.26 Å². The number of nitriles is 1. The van der Waals surface area contributed by atoms with Crippen molar-refractivity contribution in [3.63, 3.8) is 0 Å². The molecule has 15 heavy (non-hydrogen) atoms. The van der Waals surface area contributed by atoms with E-state index in [1.54, 1.807) is 0 Å². The number of benzene rings is 1. The van der Waals surface area contributed by atoms with Gasteiger partial charge in [0.25, 0.3) is 0 Å². The van der Waals surface area contributed by atoms with Gasteiger partial charge >= 0.3 is 5.69 Å². The summed E-state index contributed by atoms with van der Waals surface area (Å²) in [6, 6.07) is 5.81. The summed E-state index contributed by atoms with van der Waals surface area (Å²) in [4.78, 5) is 10.0. The highest BCUT2D eigenvalue weighted by molar-refractivity contribution is 5.51. The van der Waals surface area contributed by atoms with E-state index in [0.29, 0.717) is 5.56 Å². The molecule has 0 saturated heterocycles. The predicted molar refractivity (Wildman–Crippen MR) is 52.4 cm³/mol. The van der Waals surface area contributed by atoms with Crippen molar-refractivity contribution >= 4 is 5.69 Å². The van der Waals surface area contributed by atoms with Crippen LogP contribution in [0.5, 0.6) is 5.75 Å². The molecule has 0 aliphatic heterocycles. The fraction of sp³-hybridized carbons (Fsp3) is 0.222. The minimum Gasteiger partial charge on any atom is -0.485 e. The number of hydrogen-bond acceptors (Lipinski definition) is 5. The summed E-state index contributed by atoms with van der Waals surface area (Å²) in [6.07, 6.45) is 0. The third kappa shape index (κ3) is 2.65. The van der Waals surface area contributed by atoms with Crippen LogP contribution in [0, 0.1) is 21.4 Å². The second-order valence-electron chi connectivity index (χ2n) is 2.69. The minimum absolute atomic E-state index is 0.0736. The summed E-state index contributed by atoms with van der Waals surface area (Å²) in [5.74, 6) is 0.0736. The third-order valence-electron chi connectivity index (χ3n) is 1.66. The Balaban J connectivity index is 3.06. The second-order valence-corrected chi connectivity index (χ2v) is 2.69. The molecule has 0 spiro atoms. The smallest absolute Gasteiger partial charge is 0.311 e. The van der Waals surface area contributed by atoms with Gasteiger partial charge in [-0.15, -0.1) is 0 Å². The lowest BCUT2D eigenvalue weighted by Crippen LogP contribution is -2.11. The molecule has 1 aromatic rings. The Labute approximate surface area is 86.0 Å². The molecule has 0 aliphatic rings. The fourth-order valence-corrected chi connectivity index (χ4v) is 1.02. The van der Waals surface area contributed by atoms with Crippen molar-refractivity contribution < 1.29 is 9.66 Å². The first-order chi connectivity index (χ1) is 7.19. The number of ether oxygens (including phenoxy) is 1. The summed E-state index contributed by atoms with van der Waals surface area (Å²) in [5.41, 5.74) is 5.36.